The lowest BCUT2D eigenvalue weighted by molar-refractivity contribution is 0.645. The van der Waals surface area contributed by atoms with E-state index >= 15 is 0 Å². The Balaban J connectivity index is 2.21. The molecule has 2 aromatic rings. The summed E-state index contributed by atoms with van der Waals surface area (Å²) in [6.45, 7) is 4.95. The number of nitrogens with zero attached hydrogens (tertiary/aromatic N) is 3. The molecule has 2 heterocycles. The van der Waals surface area contributed by atoms with E-state index in [-0.39, 0.29) is 6.04 Å². The van der Waals surface area contributed by atoms with Crippen LogP contribution in [0.5, 0.6) is 0 Å². The van der Waals surface area contributed by atoms with Gasteiger partial charge < -0.3 is 10.2 Å². The first kappa shape index (κ1) is 14.0. The molecule has 0 saturated heterocycles. The predicted octanol–water partition coefficient (Wildman–Crippen LogP) is 2.76. The fraction of sp³-hybridized carbons (Fsp3) is 0.429. The number of rotatable bonds is 5. The molecule has 0 amide bonds. The van der Waals surface area contributed by atoms with Crippen LogP contribution in [0, 0.1) is 6.92 Å². The summed E-state index contributed by atoms with van der Waals surface area (Å²) in [6, 6.07) is 4.38. The van der Waals surface area contributed by atoms with E-state index in [1.807, 2.05) is 26.2 Å². The Hall–Kier alpha value is -1.46. The van der Waals surface area contributed by atoms with Crippen LogP contribution in [0.15, 0.2) is 23.7 Å². The Morgan fingerprint density at radius 3 is 2.89 bits per heavy atom. The van der Waals surface area contributed by atoms with Gasteiger partial charge in [0.05, 0.1) is 17.2 Å². The minimum atomic E-state index is 0.281. The number of nitrogens with one attached hydrogen (secondary N) is 1. The van der Waals surface area contributed by atoms with Gasteiger partial charge in [-0.1, -0.05) is 6.07 Å². The third-order valence-electron chi connectivity index (χ3n) is 3.14. The van der Waals surface area contributed by atoms with Crippen molar-refractivity contribution in [1.29, 1.82) is 0 Å². The quantitative estimate of drug-likeness (QED) is 0.911. The third kappa shape index (κ3) is 3.30. The molecule has 2 aromatic heterocycles. The van der Waals surface area contributed by atoms with Gasteiger partial charge in [-0.25, -0.2) is 9.97 Å². The molecule has 0 radical (unpaired) electrons. The molecular formula is C14H20N4S. The molecule has 0 bridgehead atoms. The Kier molecular flexibility index (Phi) is 4.50. The van der Waals surface area contributed by atoms with Crippen molar-refractivity contribution in [3.63, 3.8) is 0 Å². The molecule has 5 heteroatoms. The summed E-state index contributed by atoms with van der Waals surface area (Å²) in [7, 11) is 4.02. The van der Waals surface area contributed by atoms with Crippen LogP contribution in [0.2, 0.25) is 0 Å². The fourth-order valence-corrected chi connectivity index (χ4v) is 2.62. The molecule has 0 aliphatic heterocycles. The lowest BCUT2D eigenvalue weighted by atomic mass is 10.1. The molecule has 0 saturated carbocycles. The zero-order valence-electron chi connectivity index (χ0n) is 11.8. The third-order valence-corrected chi connectivity index (χ3v) is 3.97. The van der Waals surface area contributed by atoms with Crippen LogP contribution in [-0.2, 0) is 6.54 Å². The van der Waals surface area contributed by atoms with Gasteiger partial charge in [0.25, 0.3) is 0 Å². The van der Waals surface area contributed by atoms with Gasteiger partial charge in [0.15, 0.2) is 0 Å². The van der Waals surface area contributed by atoms with Crippen LogP contribution in [0.4, 0.5) is 5.82 Å². The number of aryl methyl sites for hydroxylation is 1. The first-order chi connectivity index (χ1) is 9.11. The maximum atomic E-state index is 4.51. The van der Waals surface area contributed by atoms with Crippen molar-refractivity contribution in [2.24, 2.45) is 0 Å². The smallest absolute Gasteiger partial charge is 0.133 e. The van der Waals surface area contributed by atoms with Gasteiger partial charge in [0, 0.05) is 30.2 Å². The van der Waals surface area contributed by atoms with E-state index in [9.17, 15) is 0 Å². The molecule has 0 aliphatic rings. The largest absolute Gasteiger partial charge is 0.353 e. The topological polar surface area (TPSA) is 41.1 Å². The summed E-state index contributed by atoms with van der Waals surface area (Å²) in [5.41, 5.74) is 2.30. The molecule has 19 heavy (non-hydrogen) atoms. The van der Waals surface area contributed by atoms with Crippen LogP contribution in [0.1, 0.15) is 29.2 Å². The number of thiazole rings is 1. The first-order valence-corrected chi connectivity index (χ1v) is 7.24. The standard InChI is InChI=1S/C14H20N4S/c1-10(15-3)13-6-5-7-16-14(13)18(4)8-12-9-19-11(2)17-12/h5-7,9-10,15H,8H2,1-4H3. The molecular weight excluding hydrogens is 256 g/mol. The van der Waals surface area contributed by atoms with E-state index in [0.29, 0.717) is 0 Å². The number of aromatic nitrogens is 2. The van der Waals surface area contributed by atoms with Crippen molar-refractivity contribution in [3.8, 4) is 0 Å². The predicted molar refractivity (Wildman–Crippen MR) is 80.7 cm³/mol. The molecule has 102 valence electrons. The van der Waals surface area contributed by atoms with Crippen LogP contribution in [0.25, 0.3) is 0 Å². The second-order valence-corrected chi connectivity index (χ2v) is 5.70. The molecule has 1 unspecified atom stereocenters. The summed E-state index contributed by atoms with van der Waals surface area (Å²) in [5, 5.41) is 6.48. The van der Waals surface area contributed by atoms with Gasteiger partial charge in [0.2, 0.25) is 0 Å². The molecule has 4 nitrogen and oxygen atoms in total. The van der Waals surface area contributed by atoms with Crippen LogP contribution >= 0.6 is 11.3 Å². The second kappa shape index (κ2) is 6.12. The number of pyridine rings is 1. The second-order valence-electron chi connectivity index (χ2n) is 4.64. The highest BCUT2D eigenvalue weighted by Gasteiger charge is 2.14. The van der Waals surface area contributed by atoms with Gasteiger partial charge in [-0.15, -0.1) is 11.3 Å². The van der Waals surface area contributed by atoms with Gasteiger partial charge >= 0.3 is 0 Å². The van der Waals surface area contributed by atoms with Crippen molar-refractivity contribution >= 4 is 17.2 Å². The van der Waals surface area contributed by atoms with Gasteiger partial charge in [-0.2, -0.15) is 0 Å². The van der Waals surface area contributed by atoms with E-state index in [1.165, 1.54) is 5.56 Å². The van der Waals surface area contributed by atoms with Crippen molar-refractivity contribution in [3.05, 3.63) is 40.0 Å². The van der Waals surface area contributed by atoms with Gasteiger partial charge in [-0.3, -0.25) is 0 Å². The summed E-state index contributed by atoms with van der Waals surface area (Å²) in [6.07, 6.45) is 1.84. The average Bonchev–Trinajstić information content (AvgIpc) is 2.83. The molecule has 0 spiro atoms. The molecule has 1 N–H and O–H groups in total. The van der Waals surface area contributed by atoms with E-state index in [1.54, 1.807) is 11.3 Å². The lowest BCUT2D eigenvalue weighted by Crippen LogP contribution is -2.22. The van der Waals surface area contributed by atoms with Gasteiger partial charge in [-0.05, 0) is 27.0 Å². The highest BCUT2D eigenvalue weighted by Crippen LogP contribution is 2.24. The Morgan fingerprint density at radius 1 is 1.47 bits per heavy atom. The lowest BCUT2D eigenvalue weighted by Gasteiger charge is -2.22. The van der Waals surface area contributed by atoms with Crippen LogP contribution < -0.4 is 10.2 Å². The number of anilines is 1. The van der Waals surface area contributed by atoms with Crippen LogP contribution in [-0.4, -0.2) is 24.1 Å². The van der Waals surface area contributed by atoms with E-state index < -0.39 is 0 Å². The van der Waals surface area contributed by atoms with E-state index in [2.05, 4.69) is 45.6 Å². The highest BCUT2D eigenvalue weighted by molar-refractivity contribution is 7.09. The summed E-state index contributed by atoms with van der Waals surface area (Å²) >= 11 is 1.69. The first-order valence-electron chi connectivity index (χ1n) is 6.36. The minimum absolute atomic E-state index is 0.281. The van der Waals surface area contributed by atoms with Crippen molar-refractivity contribution < 1.29 is 0 Å². The van der Waals surface area contributed by atoms with Crippen molar-refractivity contribution in [2.45, 2.75) is 26.4 Å². The number of hydrogen-bond donors (Lipinski definition) is 1. The highest BCUT2D eigenvalue weighted by atomic mass is 32.1. The van der Waals surface area contributed by atoms with Crippen LogP contribution in [0.3, 0.4) is 0 Å². The zero-order valence-corrected chi connectivity index (χ0v) is 12.7. The Bertz CT molecular complexity index is 538. The number of hydrogen-bond acceptors (Lipinski definition) is 5. The normalized spacial score (nSPS) is 12.4. The monoisotopic (exact) mass is 276 g/mol. The van der Waals surface area contributed by atoms with Gasteiger partial charge in [0.1, 0.15) is 5.82 Å². The fourth-order valence-electron chi connectivity index (χ4n) is 2.02. The minimum Gasteiger partial charge on any atom is -0.353 e. The zero-order chi connectivity index (χ0) is 13.8. The Labute approximate surface area is 118 Å². The summed E-state index contributed by atoms with van der Waals surface area (Å²) in [5.74, 6) is 1.01. The van der Waals surface area contributed by atoms with E-state index in [0.717, 1.165) is 23.1 Å². The molecule has 0 aliphatic carbocycles. The van der Waals surface area contributed by atoms with Crippen molar-refractivity contribution in [2.75, 3.05) is 19.0 Å². The molecule has 0 fully saturated rings. The maximum Gasteiger partial charge on any atom is 0.133 e. The average molecular weight is 276 g/mol. The molecule has 0 aromatic carbocycles. The molecule has 2 rings (SSSR count). The summed E-state index contributed by atoms with van der Waals surface area (Å²) < 4.78 is 0. The maximum absolute atomic E-state index is 4.51. The van der Waals surface area contributed by atoms with Crippen molar-refractivity contribution in [1.82, 2.24) is 15.3 Å². The summed E-state index contributed by atoms with van der Waals surface area (Å²) in [4.78, 5) is 11.2. The van der Waals surface area contributed by atoms with E-state index in [4.69, 9.17) is 0 Å². The molecule has 1 atom stereocenters. The Morgan fingerprint density at radius 2 is 2.26 bits per heavy atom. The SMILES string of the molecule is CNC(C)c1cccnc1N(C)Cc1csc(C)n1.